The van der Waals surface area contributed by atoms with Crippen LogP contribution in [0.4, 0.5) is 0 Å². The quantitative estimate of drug-likeness (QED) is 0.756. The number of hydrogen-bond donors (Lipinski definition) is 3. The summed E-state index contributed by atoms with van der Waals surface area (Å²) in [5, 5.41) is 11.7. The van der Waals surface area contributed by atoms with E-state index in [-0.39, 0.29) is 17.3 Å². The Bertz CT molecular complexity index is 771. The first-order valence-electron chi connectivity index (χ1n) is 7.43. The van der Waals surface area contributed by atoms with Crippen LogP contribution in [0.5, 0.6) is 11.5 Å². The van der Waals surface area contributed by atoms with Crippen molar-refractivity contribution in [3.63, 3.8) is 0 Å². The number of carboxylic acid groups (broad SMARTS) is 1. The van der Waals surface area contributed by atoms with Gasteiger partial charge in [-0.3, -0.25) is 4.79 Å². The van der Waals surface area contributed by atoms with E-state index in [1.54, 1.807) is 7.11 Å². The molecular weight excluding hydrogens is 314 g/mol. The third-order valence-corrected chi connectivity index (χ3v) is 3.88. The van der Waals surface area contributed by atoms with Gasteiger partial charge in [-0.2, -0.15) is 0 Å². The Balaban J connectivity index is 1.60. The zero-order valence-electron chi connectivity index (χ0n) is 13.0. The molecule has 0 spiro atoms. The standard InChI is InChI=1S/C16H17N3O5/c1-23-11-3-2-10-4-9(7-24-12(10)5-11)6-17-15(20)13-14(16(21)22)19-8-18-13/h2-3,5,8-9H,4,6-7H2,1H3,(H,17,20)(H,18,19)(H,21,22)/t9-/m1/s1. The van der Waals surface area contributed by atoms with Crippen LogP contribution >= 0.6 is 0 Å². The number of hydrogen-bond acceptors (Lipinski definition) is 5. The van der Waals surface area contributed by atoms with Crippen LogP contribution in [0, 0.1) is 5.92 Å². The van der Waals surface area contributed by atoms with Crippen LogP contribution in [-0.2, 0) is 6.42 Å². The van der Waals surface area contributed by atoms with Gasteiger partial charge in [-0.15, -0.1) is 0 Å². The van der Waals surface area contributed by atoms with Gasteiger partial charge in [-0.05, 0) is 18.1 Å². The molecule has 1 aliphatic heterocycles. The van der Waals surface area contributed by atoms with E-state index in [9.17, 15) is 9.59 Å². The van der Waals surface area contributed by atoms with E-state index < -0.39 is 11.9 Å². The number of carboxylic acids is 1. The number of nitrogens with one attached hydrogen (secondary N) is 2. The molecule has 0 aliphatic carbocycles. The largest absolute Gasteiger partial charge is 0.497 e. The van der Waals surface area contributed by atoms with Crippen molar-refractivity contribution in [3.8, 4) is 11.5 Å². The Morgan fingerprint density at radius 3 is 3.08 bits per heavy atom. The molecule has 0 fully saturated rings. The summed E-state index contributed by atoms with van der Waals surface area (Å²) in [4.78, 5) is 29.3. The van der Waals surface area contributed by atoms with Gasteiger partial charge in [0.1, 0.15) is 11.5 Å². The highest BCUT2D eigenvalue weighted by molar-refractivity contribution is 6.02. The van der Waals surface area contributed by atoms with Crippen molar-refractivity contribution in [1.29, 1.82) is 0 Å². The zero-order chi connectivity index (χ0) is 17.1. The van der Waals surface area contributed by atoms with Crippen molar-refractivity contribution in [2.24, 2.45) is 5.92 Å². The van der Waals surface area contributed by atoms with E-state index in [2.05, 4.69) is 15.3 Å². The molecule has 8 heteroatoms. The number of amides is 1. The predicted molar refractivity (Wildman–Crippen MR) is 83.6 cm³/mol. The third-order valence-electron chi connectivity index (χ3n) is 3.88. The number of rotatable bonds is 5. The number of aromatic carboxylic acids is 1. The number of H-pyrrole nitrogens is 1. The van der Waals surface area contributed by atoms with Gasteiger partial charge < -0.3 is 24.9 Å². The summed E-state index contributed by atoms with van der Waals surface area (Å²) < 4.78 is 10.9. The van der Waals surface area contributed by atoms with E-state index >= 15 is 0 Å². The number of fused-ring (bicyclic) bond motifs is 1. The molecule has 3 N–H and O–H groups in total. The minimum Gasteiger partial charge on any atom is -0.497 e. The lowest BCUT2D eigenvalue weighted by Gasteiger charge is -2.25. The number of carbonyl (C=O) groups is 2. The highest BCUT2D eigenvalue weighted by atomic mass is 16.5. The highest BCUT2D eigenvalue weighted by Crippen LogP contribution is 2.30. The topological polar surface area (TPSA) is 114 Å². The molecule has 0 unspecified atom stereocenters. The van der Waals surface area contributed by atoms with Crippen LogP contribution in [0.2, 0.25) is 0 Å². The lowest BCUT2D eigenvalue weighted by molar-refractivity contribution is 0.0684. The Hall–Kier alpha value is -3.03. The first-order chi connectivity index (χ1) is 11.6. The molecule has 1 aromatic carbocycles. The van der Waals surface area contributed by atoms with Gasteiger partial charge in [-0.1, -0.05) is 6.07 Å². The smallest absolute Gasteiger partial charge is 0.354 e. The molecular formula is C16H17N3O5. The molecule has 0 radical (unpaired) electrons. The number of benzene rings is 1. The van der Waals surface area contributed by atoms with Crippen molar-refractivity contribution < 1.29 is 24.2 Å². The molecule has 126 valence electrons. The first-order valence-corrected chi connectivity index (χ1v) is 7.43. The molecule has 8 nitrogen and oxygen atoms in total. The number of imidazole rings is 1. The van der Waals surface area contributed by atoms with Crippen LogP contribution in [0.25, 0.3) is 0 Å². The summed E-state index contributed by atoms with van der Waals surface area (Å²) in [5.41, 5.74) is 0.710. The second kappa shape index (κ2) is 6.61. The van der Waals surface area contributed by atoms with Crippen molar-refractivity contribution in [1.82, 2.24) is 15.3 Å². The summed E-state index contributed by atoms with van der Waals surface area (Å²) >= 11 is 0. The monoisotopic (exact) mass is 331 g/mol. The second-order valence-electron chi connectivity index (χ2n) is 5.50. The SMILES string of the molecule is COc1ccc2c(c1)OC[C@@H](CNC(=O)c1nc[nH]c1C(=O)O)C2. The minimum absolute atomic E-state index is 0.0991. The molecule has 1 aliphatic rings. The summed E-state index contributed by atoms with van der Waals surface area (Å²) in [6.45, 7) is 0.836. The molecule has 2 aromatic rings. The van der Waals surface area contributed by atoms with Crippen LogP contribution in [-0.4, -0.2) is 47.2 Å². The maximum absolute atomic E-state index is 12.1. The van der Waals surface area contributed by atoms with Gasteiger partial charge in [0, 0.05) is 18.5 Å². The van der Waals surface area contributed by atoms with Crippen molar-refractivity contribution in [3.05, 3.63) is 41.5 Å². The maximum atomic E-state index is 12.1. The zero-order valence-corrected chi connectivity index (χ0v) is 13.0. The Morgan fingerprint density at radius 1 is 1.50 bits per heavy atom. The number of aromatic amines is 1. The van der Waals surface area contributed by atoms with Crippen molar-refractivity contribution in [2.75, 3.05) is 20.3 Å². The average molecular weight is 331 g/mol. The molecule has 3 rings (SSSR count). The Morgan fingerprint density at radius 2 is 2.33 bits per heavy atom. The summed E-state index contributed by atoms with van der Waals surface area (Å²) in [6, 6.07) is 5.65. The summed E-state index contributed by atoms with van der Waals surface area (Å²) in [7, 11) is 1.60. The first kappa shape index (κ1) is 15.9. The number of carbonyl (C=O) groups excluding carboxylic acids is 1. The highest BCUT2D eigenvalue weighted by Gasteiger charge is 2.23. The van der Waals surface area contributed by atoms with Gasteiger partial charge in [-0.25, -0.2) is 9.78 Å². The summed E-state index contributed by atoms with van der Waals surface area (Å²) in [5.74, 6) is -0.115. The average Bonchev–Trinajstić information content (AvgIpc) is 3.09. The predicted octanol–water partition coefficient (Wildman–Crippen LogP) is 1.10. The van der Waals surface area contributed by atoms with E-state index in [1.807, 2.05) is 18.2 Å². The van der Waals surface area contributed by atoms with E-state index in [0.29, 0.717) is 13.2 Å². The third kappa shape index (κ3) is 3.17. The lowest BCUT2D eigenvalue weighted by atomic mass is 9.96. The van der Waals surface area contributed by atoms with Crippen LogP contribution in [0.1, 0.15) is 26.5 Å². The molecule has 1 aromatic heterocycles. The summed E-state index contributed by atoms with van der Waals surface area (Å²) in [6.07, 6.45) is 1.94. The molecule has 1 amide bonds. The normalized spacial score (nSPS) is 16.0. The fourth-order valence-electron chi connectivity index (χ4n) is 2.62. The van der Waals surface area contributed by atoms with E-state index in [4.69, 9.17) is 14.6 Å². The maximum Gasteiger partial charge on any atom is 0.354 e. The Kier molecular flexibility index (Phi) is 4.37. The molecule has 1 atom stereocenters. The van der Waals surface area contributed by atoms with Gasteiger partial charge in [0.2, 0.25) is 0 Å². The lowest BCUT2D eigenvalue weighted by Crippen LogP contribution is -2.35. The number of aromatic nitrogens is 2. The Labute approximate surface area is 137 Å². The van der Waals surface area contributed by atoms with Gasteiger partial charge in [0.15, 0.2) is 11.4 Å². The fourth-order valence-corrected chi connectivity index (χ4v) is 2.62. The van der Waals surface area contributed by atoms with Crippen LogP contribution in [0.15, 0.2) is 24.5 Å². The molecule has 24 heavy (non-hydrogen) atoms. The molecule has 0 saturated carbocycles. The van der Waals surface area contributed by atoms with Crippen LogP contribution in [0.3, 0.4) is 0 Å². The van der Waals surface area contributed by atoms with Crippen molar-refractivity contribution in [2.45, 2.75) is 6.42 Å². The van der Waals surface area contributed by atoms with E-state index in [1.165, 1.54) is 6.33 Å². The minimum atomic E-state index is -1.22. The number of methoxy groups -OCH3 is 1. The van der Waals surface area contributed by atoms with Gasteiger partial charge in [0.05, 0.1) is 20.0 Å². The van der Waals surface area contributed by atoms with Gasteiger partial charge in [0.25, 0.3) is 5.91 Å². The number of ether oxygens (including phenoxy) is 2. The van der Waals surface area contributed by atoms with E-state index in [0.717, 1.165) is 23.5 Å². The second-order valence-corrected chi connectivity index (χ2v) is 5.50. The molecule has 2 heterocycles. The van der Waals surface area contributed by atoms with Gasteiger partial charge >= 0.3 is 5.97 Å². The fraction of sp³-hybridized carbons (Fsp3) is 0.312. The molecule has 0 saturated heterocycles. The molecule has 0 bridgehead atoms. The van der Waals surface area contributed by atoms with Crippen molar-refractivity contribution >= 4 is 11.9 Å². The number of nitrogens with zero attached hydrogens (tertiary/aromatic N) is 1. The van der Waals surface area contributed by atoms with Crippen LogP contribution < -0.4 is 14.8 Å².